The Morgan fingerprint density at radius 1 is 1.40 bits per heavy atom. The molecule has 5 nitrogen and oxygen atoms in total. The summed E-state index contributed by atoms with van der Waals surface area (Å²) in [6.45, 7) is 2.16. The van der Waals surface area contributed by atoms with Gasteiger partial charge >= 0.3 is 0 Å². The highest BCUT2D eigenvalue weighted by Crippen LogP contribution is 2.28. The number of hydrogen-bond acceptors (Lipinski definition) is 3. The maximum atomic E-state index is 14.3. The monoisotopic (exact) mass is 360 g/mol. The number of rotatable bonds is 5. The second-order valence-electron chi connectivity index (χ2n) is 5.84. The fourth-order valence-corrected chi connectivity index (χ4v) is 3.01. The van der Waals surface area contributed by atoms with Gasteiger partial charge in [0.2, 0.25) is 5.91 Å². The summed E-state index contributed by atoms with van der Waals surface area (Å²) in [5.74, 6) is -1.63. The number of aromatic amines is 1. The minimum absolute atomic E-state index is 0.0113. The quantitative estimate of drug-likeness (QED) is 0.648. The summed E-state index contributed by atoms with van der Waals surface area (Å²) in [6.07, 6.45) is 0.316. The van der Waals surface area contributed by atoms with Crippen molar-refractivity contribution < 1.29 is 9.18 Å². The number of aromatic nitrogens is 2. The molecule has 1 amide bonds. The SMILES string of the molecule is Cc1[nH]nc2ccc(NC(=O)[C@H](CCN)c3cccc(Cl)c3F)cc12. The molecule has 7 heteroatoms. The second-order valence-corrected chi connectivity index (χ2v) is 6.25. The molecule has 1 atom stereocenters. The standard InChI is InChI=1S/C18H18ClFN4O/c1-10-14-9-11(5-6-16(14)24-23-10)22-18(25)13(7-8-21)12-3-2-4-15(19)17(12)20/h2-6,9,13H,7-8,21H2,1H3,(H,22,25)(H,23,24)/t13-/m1/s1. The van der Waals surface area contributed by atoms with Gasteiger partial charge in [-0.15, -0.1) is 0 Å². The lowest BCUT2D eigenvalue weighted by atomic mass is 9.94. The van der Waals surface area contributed by atoms with Gasteiger partial charge in [0, 0.05) is 22.3 Å². The lowest BCUT2D eigenvalue weighted by Gasteiger charge is -2.17. The highest BCUT2D eigenvalue weighted by molar-refractivity contribution is 6.30. The Bertz CT molecular complexity index is 925. The fraction of sp³-hybridized carbons (Fsp3) is 0.222. The van der Waals surface area contributed by atoms with Crippen LogP contribution in [0.4, 0.5) is 10.1 Å². The number of hydrogen-bond donors (Lipinski definition) is 3. The molecule has 0 saturated carbocycles. The Hall–Kier alpha value is -2.44. The molecule has 1 aromatic heterocycles. The van der Waals surface area contributed by atoms with Crippen molar-refractivity contribution in [1.82, 2.24) is 10.2 Å². The van der Waals surface area contributed by atoms with Crippen LogP contribution in [-0.2, 0) is 4.79 Å². The average molecular weight is 361 g/mol. The molecular weight excluding hydrogens is 343 g/mol. The highest BCUT2D eigenvalue weighted by atomic mass is 35.5. The van der Waals surface area contributed by atoms with Gasteiger partial charge < -0.3 is 11.1 Å². The number of carbonyl (C=O) groups excluding carboxylic acids is 1. The van der Waals surface area contributed by atoms with E-state index in [0.717, 1.165) is 16.6 Å². The van der Waals surface area contributed by atoms with E-state index in [1.165, 1.54) is 6.07 Å². The minimum Gasteiger partial charge on any atom is -0.330 e. The summed E-state index contributed by atoms with van der Waals surface area (Å²) < 4.78 is 14.3. The molecule has 0 fully saturated rings. The Labute approximate surface area is 149 Å². The topological polar surface area (TPSA) is 83.8 Å². The zero-order valence-corrected chi connectivity index (χ0v) is 14.4. The van der Waals surface area contributed by atoms with E-state index in [1.54, 1.807) is 18.2 Å². The molecule has 0 aliphatic carbocycles. The van der Waals surface area contributed by atoms with Crippen molar-refractivity contribution >= 4 is 34.1 Å². The van der Waals surface area contributed by atoms with Gasteiger partial charge in [0.15, 0.2) is 0 Å². The smallest absolute Gasteiger partial charge is 0.232 e. The lowest BCUT2D eigenvalue weighted by Crippen LogP contribution is -2.24. The molecule has 2 aromatic carbocycles. The van der Waals surface area contributed by atoms with Crippen molar-refractivity contribution in [3.8, 4) is 0 Å². The van der Waals surface area contributed by atoms with Gasteiger partial charge in [0.1, 0.15) is 5.82 Å². The van der Waals surface area contributed by atoms with Crippen molar-refractivity contribution in [2.24, 2.45) is 5.73 Å². The maximum Gasteiger partial charge on any atom is 0.232 e. The molecule has 25 heavy (non-hydrogen) atoms. The van der Waals surface area contributed by atoms with Gasteiger partial charge in [0.25, 0.3) is 0 Å². The third-order valence-corrected chi connectivity index (χ3v) is 4.43. The van der Waals surface area contributed by atoms with Gasteiger partial charge in [-0.25, -0.2) is 4.39 Å². The fourth-order valence-electron chi connectivity index (χ4n) is 2.83. The van der Waals surface area contributed by atoms with E-state index in [0.29, 0.717) is 12.1 Å². The summed E-state index contributed by atoms with van der Waals surface area (Å²) in [5, 5.41) is 10.8. The van der Waals surface area contributed by atoms with Crippen LogP contribution < -0.4 is 11.1 Å². The van der Waals surface area contributed by atoms with Crippen LogP contribution in [0.5, 0.6) is 0 Å². The molecule has 130 valence electrons. The predicted octanol–water partition coefficient (Wildman–Crippen LogP) is 3.73. The molecule has 0 spiro atoms. The van der Waals surface area contributed by atoms with E-state index >= 15 is 0 Å². The number of H-pyrrole nitrogens is 1. The summed E-state index contributed by atoms with van der Waals surface area (Å²) >= 11 is 5.84. The highest BCUT2D eigenvalue weighted by Gasteiger charge is 2.24. The number of fused-ring (bicyclic) bond motifs is 1. The second kappa shape index (κ2) is 7.21. The minimum atomic E-state index is -0.718. The van der Waals surface area contributed by atoms with Gasteiger partial charge in [0.05, 0.1) is 16.5 Å². The number of nitrogens with one attached hydrogen (secondary N) is 2. The van der Waals surface area contributed by atoms with Crippen LogP contribution >= 0.6 is 11.6 Å². The Morgan fingerprint density at radius 2 is 2.20 bits per heavy atom. The zero-order valence-electron chi connectivity index (χ0n) is 13.6. The van der Waals surface area contributed by atoms with Crippen LogP contribution in [0.15, 0.2) is 36.4 Å². The molecule has 0 unspecified atom stereocenters. The Morgan fingerprint density at radius 3 is 2.96 bits per heavy atom. The first-order valence-corrected chi connectivity index (χ1v) is 8.28. The van der Waals surface area contributed by atoms with Crippen LogP contribution in [0.3, 0.4) is 0 Å². The molecule has 3 aromatic rings. The van der Waals surface area contributed by atoms with Crippen LogP contribution in [0, 0.1) is 12.7 Å². The van der Waals surface area contributed by atoms with Crippen LogP contribution in [0.2, 0.25) is 5.02 Å². The van der Waals surface area contributed by atoms with Gasteiger partial charge in [-0.2, -0.15) is 5.10 Å². The summed E-state index contributed by atoms with van der Waals surface area (Å²) in [6, 6.07) is 10.0. The maximum absolute atomic E-state index is 14.3. The number of amides is 1. The van der Waals surface area contributed by atoms with E-state index in [2.05, 4.69) is 15.5 Å². The third-order valence-electron chi connectivity index (χ3n) is 4.14. The van der Waals surface area contributed by atoms with Crippen molar-refractivity contribution in [2.45, 2.75) is 19.3 Å². The number of halogens is 2. The van der Waals surface area contributed by atoms with E-state index in [4.69, 9.17) is 17.3 Å². The molecule has 0 aliphatic heterocycles. The van der Waals surface area contributed by atoms with Crippen LogP contribution in [-0.4, -0.2) is 22.6 Å². The van der Waals surface area contributed by atoms with E-state index < -0.39 is 11.7 Å². The number of carbonyl (C=O) groups is 1. The summed E-state index contributed by atoms with van der Waals surface area (Å²) in [4.78, 5) is 12.7. The number of nitrogens with two attached hydrogens (primary N) is 1. The Balaban J connectivity index is 1.89. The van der Waals surface area contributed by atoms with Gasteiger partial charge in [-0.3, -0.25) is 9.89 Å². The Kier molecular flexibility index (Phi) is 5.01. The molecule has 4 N–H and O–H groups in total. The van der Waals surface area contributed by atoms with Crippen LogP contribution in [0.1, 0.15) is 23.6 Å². The normalized spacial score (nSPS) is 12.3. The first-order chi connectivity index (χ1) is 12.0. The molecule has 0 bridgehead atoms. The molecule has 0 aliphatic rings. The van der Waals surface area contributed by atoms with Gasteiger partial charge in [-0.05, 0) is 44.2 Å². The lowest BCUT2D eigenvalue weighted by molar-refractivity contribution is -0.117. The van der Waals surface area contributed by atoms with E-state index in [-0.39, 0.29) is 23.0 Å². The van der Waals surface area contributed by atoms with Crippen LogP contribution in [0.25, 0.3) is 10.9 Å². The van der Waals surface area contributed by atoms with Crippen molar-refractivity contribution in [3.05, 3.63) is 58.5 Å². The molecular formula is C18H18ClFN4O. The third kappa shape index (κ3) is 3.50. The van der Waals surface area contributed by atoms with Gasteiger partial charge in [-0.1, -0.05) is 23.7 Å². The predicted molar refractivity (Wildman–Crippen MR) is 97.3 cm³/mol. The molecule has 0 saturated heterocycles. The number of benzene rings is 2. The van der Waals surface area contributed by atoms with Crippen molar-refractivity contribution in [2.75, 3.05) is 11.9 Å². The van der Waals surface area contributed by atoms with E-state index in [9.17, 15) is 9.18 Å². The first kappa shape index (κ1) is 17.4. The molecule has 3 rings (SSSR count). The number of aryl methyl sites for hydroxylation is 1. The van der Waals surface area contributed by atoms with E-state index in [1.807, 2.05) is 19.1 Å². The van der Waals surface area contributed by atoms with Crippen molar-refractivity contribution in [3.63, 3.8) is 0 Å². The number of nitrogens with zero attached hydrogens (tertiary/aromatic N) is 1. The largest absolute Gasteiger partial charge is 0.330 e. The summed E-state index contributed by atoms with van der Waals surface area (Å²) in [7, 11) is 0. The summed E-state index contributed by atoms with van der Waals surface area (Å²) in [5.41, 5.74) is 8.20. The average Bonchev–Trinajstić information content (AvgIpc) is 2.96. The zero-order chi connectivity index (χ0) is 18.0. The van der Waals surface area contributed by atoms with Crippen molar-refractivity contribution in [1.29, 1.82) is 0 Å². The first-order valence-electron chi connectivity index (χ1n) is 7.91. The molecule has 0 radical (unpaired) electrons. The number of anilines is 1. The molecule has 1 heterocycles.